The lowest BCUT2D eigenvalue weighted by Gasteiger charge is -2.36. The van der Waals surface area contributed by atoms with Gasteiger partial charge in [-0.1, -0.05) is 48.5 Å². The van der Waals surface area contributed by atoms with Gasteiger partial charge < -0.3 is 63.6 Å². The maximum Gasteiger partial charge on any atom is 0.410 e. The highest BCUT2D eigenvalue weighted by Gasteiger charge is 2.39. The van der Waals surface area contributed by atoms with Crippen LogP contribution in [0.5, 0.6) is 28.7 Å². The Morgan fingerprint density at radius 1 is 0.500 bits per heavy atom. The molecule has 5 aliphatic rings. The Morgan fingerprint density at radius 3 is 1.33 bits per heavy atom. The van der Waals surface area contributed by atoms with Crippen molar-refractivity contribution < 1.29 is 47.6 Å². The number of pyridine rings is 3. The van der Waals surface area contributed by atoms with Gasteiger partial charge in [-0.25, -0.2) is 18.3 Å². The third-order valence-electron chi connectivity index (χ3n) is 21.0. The van der Waals surface area contributed by atoms with Crippen molar-refractivity contribution in [3.8, 4) is 51.0 Å². The van der Waals surface area contributed by atoms with Crippen LogP contribution in [-0.4, -0.2) is 177 Å². The van der Waals surface area contributed by atoms with E-state index >= 15 is 0 Å². The zero-order valence-corrected chi connectivity index (χ0v) is 63.6. The van der Waals surface area contributed by atoms with E-state index in [1.54, 1.807) is 42.2 Å². The van der Waals surface area contributed by atoms with E-state index in [-0.39, 0.29) is 72.0 Å². The Hall–Kier alpha value is -10.3. The number of nitrogens with zero attached hydrogens (tertiary/aromatic N) is 11. The Labute approximate surface area is 627 Å². The number of hydrogen-bond acceptors (Lipinski definition) is 16. The Morgan fingerprint density at radius 2 is 0.915 bits per heavy atom. The second kappa shape index (κ2) is 32.6. The molecule has 11 heterocycles. The second-order valence-corrected chi connectivity index (χ2v) is 30.0. The summed E-state index contributed by atoms with van der Waals surface area (Å²) >= 11 is 3.50. The predicted molar refractivity (Wildman–Crippen MR) is 413 cm³/mol. The number of piperazine rings is 2. The van der Waals surface area contributed by atoms with E-state index in [1.807, 2.05) is 145 Å². The number of benzene rings is 4. The molecule has 5 aliphatic heterocycles. The van der Waals surface area contributed by atoms with Crippen molar-refractivity contribution >= 4 is 67.7 Å². The van der Waals surface area contributed by atoms with Gasteiger partial charge >= 0.3 is 6.09 Å². The molecule has 2 N–H and O–H groups in total. The molecule has 23 nitrogen and oxygen atoms in total. The first-order valence-corrected chi connectivity index (χ1v) is 37.5. The van der Waals surface area contributed by atoms with E-state index in [9.17, 15) is 19.2 Å². The fraction of sp³-hybridized carbons (Fsp3) is 0.402. The van der Waals surface area contributed by atoms with E-state index in [0.29, 0.717) is 52.0 Å². The SMILES string of the molecule is COc1ccc([C@@H](C)N2C[C@H]([C@@H](C)Oc3cc(-c4ccc(N5CCN(C(=O)OC(C)(C)C)CC5)cc4)cn4nccc34)CC2=O)cc1.COc1ccc([C@@H](C)N2C[C@H]([C@@H](C)Oc3cc(Br)cn4nccc34)CC2=O)cc1.C[C@@H](Oc1cc(-c2ccc(N3CCNCC3)cc2)cn2nccc12)[C@H]1CNC(=O)C1. The number of likely N-dealkylation sites (tertiary alicyclic amines) is 2. The van der Waals surface area contributed by atoms with Gasteiger partial charge in [0, 0.05) is 155 Å². The first-order chi connectivity index (χ1) is 51.1. The van der Waals surface area contributed by atoms with Crippen LogP contribution >= 0.6 is 15.9 Å². The van der Waals surface area contributed by atoms with Crippen LogP contribution in [0, 0.1) is 17.8 Å². The number of ether oxygens (including phenoxy) is 6. The molecule has 0 bridgehead atoms. The molecular formula is C82H96BrN13O10. The van der Waals surface area contributed by atoms with Crippen molar-refractivity contribution in [2.24, 2.45) is 17.8 Å². The van der Waals surface area contributed by atoms with Crippen LogP contribution in [0.4, 0.5) is 16.2 Å². The van der Waals surface area contributed by atoms with Gasteiger partial charge in [0.15, 0.2) is 0 Å². The van der Waals surface area contributed by atoms with Crippen LogP contribution in [0.25, 0.3) is 38.8 Å². The van der Waals surface area contributed by atoms with E-state index < -0.39 is 5.60 Å². The summed E-state index contributed by atoms with van der Waals surface area (Å²) in [5.41, 5.74) is 11.0. The van der Waals surface area contributed by atoms with Crippen molar-refractivity contribution in [1.29, 1.82) is 0 Å². The molecule has 15 rings (SSSR count). The molecule has 4 aromatic carbocycles. The third kappa shape index (κ3) is 17.3. The highest BCUT2D eigenvalue weighted by Crippen LogP contribution is 2.38. The molecular weight excluding hydrogens is 1410 g/mol. The number of hydrogen-bond donors (Lipinski definition) is 2. The number of amides is 4. The van der Waals surface area contributed by atoms with E-state index in [0.717, 1.165) is 128 Å². The summed E-state index contributed by atoms with van der Waals surface area (Å²) in [5, 5.41) is 19.5. The molecule has 5 fully saturated rings. The normalized spacial score (nSPS) is 19.1. The molecule has 6 aromatic heterocycles. The average Bonchev–Trinajstić information content (AvgIpc) is 1.56. The van der Waals surface area contributed by atoms with Crippen LogP contribution in [0.1, 0.15) is 97.9 Å². The molecule has 5 saturated heterocycles. The van der Waals surface area contributed by atoms with Crippen LogP contribution in [0.2, 0.25) is 0 Å². The average molecular weight is 1500 g/mol. The van der Waals surface area contributed by atoms with Gasteiger partial charge in [-0.2, -0.15) is 15.3 Å². The van der Waals surface area contributed by atoms with Gasteiger partial charge in [0.1, 0.15) is 69.2 Å². The van der Waals surface area contributed by atoms with Crippen LogP contribution in [0.15, 0.2) is 175 Å². The Balaban J connectivity index is 0.000000147. The number of aromatic nitrogens is 6. The summed E-state index contributed by atoms with van der Waals surface area (Å²) in [7, 11) is 3.30. The molecule has 106 heavy (non-hydrogen) atoms. The number of nitrogens with one attached hydrogen (secondary N) is 2. The zero-order valence-electron chi connectivity index (χ0n) is 62.1. The summed E-state index contributed by atoms with van der Waals surface area (Å²) in [5.74, 6) is 4.69. The highest BCUT2D eigenvalue weighted by atomic mass is 79.9. The number of fused-ring (bicyclic) bond motifs is 3. The zero-order chi connectivity index (χ0) is 74.3. The number of halogens is 1. The van der Waals surface area contributed by atoms with Crippen molar-refractivity contribution in [2.75, 3.05) is 96.0 Å². The molecule has 0 radical (unpaired) electrons. The minimum absolute atomic E-state index is 0.0120. The lowest BCUT2D eigenvalue weighted by Crippen LogP contribution is -2.50. The number of rotatable bonds is 19. The van der Waals surface area contributed by atoms with Crippen LogP contribution < -0.4 is 44.1 Å². The van der Waals surface area contributed by atoms with Gasteiger partial charge in [0.05, 0.1) is 44.9 Å². The monoisotopic (exact) mass is 1500 g/mol. The largest absolute Gasteiger partial charge is 0.497 e. The number of anilines is 2. The standard InChI is InChI=1S/C37H45N5O5.C23H27N5O2.C22H24BrN3O3/c1-25(27-9-13-32(45-6)14-10-27)41-23-29(22-35(41)43)26(2)46-34-21-30(24-42-33(34)15-16-38-42)28-7-11-31(12-8-28)39-17-19-40(20-18-39)36(44)47-37(3,4)5;1-16(18-13-23(29)25-14-18)30-22-12-19(15-28-21(22)6-7-26-28)17-2-4-20(5-3-17)27-10-8-24-9-11-27;1-14(16-4-6-19(28-3)7-5-16)25-12-17(10-22(25)27)15(2)29-21-11-18(23)13-26-20(21)8-9-24-26/h7-16,21,24-26,29H,17-20,22-23H2,1-6H3;2-7,12,15-16,18,24H,8-11,13-14H2,1H3,(H,25,29);4-9,11,13-15,17H,10,12H2,1-3H3/t25-,26-,29-;16-,18-;14-,15-,17-/m111/s1. The molecule has 10 aromatic rings. The molecule has 4 amide bonds. The van der Waals surface area contributed by atoms with Crippen molar-refractivity contribution in [3.05, 3.63) is 186 Å². The fourth-order valence-electron chi connectivity index (χ4n) is 14.6. The molecule has 8 atom stereocenters. The maximum absolute atomic E-state index is 13.1. The van der Waals surface area contributed by atoms with E-state index in [1.165, 1.54) is 5.69 Å². The van der Waals surface area contributed by atoms with E-state index in [2.05, 4.69) is 133 Å². The summed E-state index contributed by atoms with van der Waals surface area (Å²) in [6.45, 7) is 24.8. The smallest absolute Gasteiger partial charge is 0.410 e. The quantitative estimate of drug-likeness (QED) is 0.0769. The lowest BCUT2D eigenvalue weighted by molar-refractivity contribution is -0.130. The molecule has 0 saturated carbocycles. The first-order valence-electron chi connectivity index (χ1n) is 36.7. The molecule has 0 unspecified atom stereocenters. The number of carbonyl (C=O) groups is 4. The first kappa shape index (κ1) is 74.0. The van der Waals surface area contributed by atoms with Gasteiger partial charge in [-0.15, -0.1) is 0 Å². The van der Waals surface area contributed by atoms with Crippen LogP contribution in [-0.2, 0) is 19.1 Å². The fourth-order valence-corrected chi connectivity index (χ4v) is 15.0. The number of methoxy groups -OCH3 is 2. The van der Waals surface area contributed by atoms with Gasteiger partial charge in [0.2, 0.25) is 17.7 Å². The minimum atomic E-state index is -0.500. The topological polar surface area (TPSA) is 216 Å². The highest BCUT2D eigenvalue weighted by molar-refractivity contribution is 9.10. The van der Waals surface area contributed by atoms with Crippen LogP contribution in [0.3, 0.4) is 0 Å². The molecule has 0 spiro atoms. The van der Waals surface area contributed by atoms with Gasteiger partial charge in [-0.3, -0.25) is 14.4 Å². The number of carbonyl (C=O) groups excluding carboxylic acids is 4. The molecule has 556 valence electrons. The minimum Gasteiger partial charge on any atom is -0.497 e. The second-order valence-electron chi connectivity index (χ2n) is 29.1. The van der Waals surface area contributed by atoms with Gasteiger partial charge in [0.25, 0.3) is 0 Å². The summed E-state index contributed by atoms with van der Waals surface area (Å²) in [4.78, 5) is 60.3. The summed E-state index contributed by atoms with van der Waals surface area (Å²) in [6.07, 6.45) is 12.1. The summed E-state index contributed by atoms with van der Waals surface area (Å²) in [6, 6.07) is 44.9. The molecule has 0 aliphatic carbocycles. The van der Waals surface area contributed by atoms with Crippen molar-refractivity contribution in [2.45, 2.75) is 111 Å². The third-order valence-corrected chi connectivity index (χ3v) is 21.4. The van der Waals surface area contributed by atoms with E-state index in [4.69, 9.17) is 28.4 Å². The Bertz CT molecular complexity index is 4680. The lowest BCUT2D eigenvalue weighted by atomic mass is 10.0. The predicted octanol–water partition coefficient (Wildman–Crippen LogP) is 13.2. The Kier molecular flexibility index (Phi) is 22.7. The van der Waals surface area contributed by atoms with Crippen molar-refractivity contribution in [3.63, 3.8) is 0 Å². The maximum atomic E-state index is 13.1. The van der Waals surface area contributed by atoms with Crippen molar-refractivity contribution in [1.82, 2.24) is 54.2 Å². The van der Waals surface area contributed by atoms with Gasteiger partial charge in [-0.05, 0) is 179 Å². The summed E-state index contributed by atoms with van der Waals surface area (Å²) < 4.78 is 41.7. The molecule has 24 heteroatoms.